The quantitative estimate of drug-likeness (QED) is 0.602. The number of aromatic nitrogens is 3. The molecule has 1 atom stereocenters. The van der Waals surface area contributed by atoms with E-state index in [1.54, 1.807) is 26.6 Å². The summed E-state index contributed by atoms with van der Waals surface area (Å²) in [4.78, 5) is 4.20. The molecule has 0 aromatic carbocycles. The van der Waals surface area contributed by atoms with Crippen LogP contribution in [0.3, 0.4) is 0 Å². The van der Waals surface area contributed by atoms with Gasteiger partial charge in [0, 0.05) is 18.3 Å². The van der Waals surface area contributed by atoms with Crippen molar-refractivity contribution in [3.63, 3.8) is 0 Å². The van der Waals surface area contributed by atoms with E-state index in [0.717, 1.165) is 11.3 Å². The molecule has 0 fully saturated rings. The Morgan fingerprint density at radius 3 is 2.80 bits per heavy atom. The van der Waals surface area contributed by atoms with Crippen LogP contribution in [0.25, 0.3) is 0 Å². The number of nitrogens with zero attached hydrogens (tertiary/aromatic N) is 3. The summed E-state index contributed by atoms with van der Waals surface area (Å²) in [5.74, 6) is 6.92. The van der Waals surface area contributed by atoms with Crippen LogP contribution in [0.1, 0.15) is 24.2 Å². The first-order chi connectivity index (χ1) is 9.76. The van der Waals surface area contributed by atoms with Gasteiger partial charge in [0.25, 0.3) is 0 Å². The molecular weight excluding hydrogens is 258 g/mol. The topological polar surface area (TPSA) is 87.2 Å². The van der Waals surface area contributed by atoms with E-state index < -0.39 is 0 Å². The predicted octanol–water partition coefficient (Wildman–Crippen LogP) is 0.868. The molecule has 0 bridgehead atoms. The molecule has 1 unspecified atom stereocenters. The van der Waals surface area contributed by atoms with Crippen molar-refractivity contribution in [3.05, 3.63) is 35.8 Å². The summed E-state index contributed by atoms with van der Waals surface area (Å²) < 4.78 is 12.5. The van der Waals surface area contributed by atoms with Crippen molar-refractivity contribution in [1.29, 1.82) is 0 Å². The van der Waals surface area contributed by atoms with Crippen molar-refractivity contribution in [2.75, 3.05) is 14.2 Å². The first-order valence-electron chi connectivity index (χ1n) is 6.31. The number of rotatable bonds is 6. The number of hydrogen-bond acceptors (Lipinski definition) is 6. The summed E-state index contributed by atoms with van der Waals surface area (Å²) in [6, 6.07) is 3.42. The van der Waals surface area contributed by atoms with E-state index in [2.05, 4.69) is 15.5 Å². The van der Waals surface area contributed by atoms with Gasteiger partial charge in [-0.2, -0.15) is 5.10 Å². The minimum absolute atomic E-state index is 0.323. The van der Waals surface area contributed by atoms with Crippen LogP contribution in [-0.2, 0) is 6.54 Å². The third-order valence-corrected chi connectivity index (χ3v) is 3.11. The van der Waals surface area contributed by atoms with Gasteiger partial charge in [-0.25, -0.2) is 10.4 Å². The second kappa shape index (κ2) is 6.36. The number of nitrogens with two attached hydrogens (primary N) is 1. The lowest BCUT2D eigenvalue weighted by Crippen LogP contribution is -2.31. The van der Waals surface area contributed by atoms with E-state index in [0.29, 0.717) is 18.2 Å². The average Bonchev–Trinajstić information content (AvgIpc) is 2.91. The number of hydrogen-bond donors (Lipinski definition) is 2. The molecule has 7 heteroatoms. The highest BCUT2D eigenvalue weighted by Crippen LogP contribution is 2.33. The number of aryl methyl sites for hydroxylation is 1. The van der Waals surface area contributed by atoms with Crippen LogP contribution in [0, 0.1) is 0 Å². The molecule has 7 nitrogen and oxygen atoms in total. The van der Waals surface area contributed by atoms with Gasteiger partial charge in [-0.05, 0) is 13.0 Å². The number of pyridine rings is 1. The summed E-state index contributed by atoms with van der Waals surface area (Å²) in [7, 11) is 3.18. The Labute approximate surface area is 117 Å². The molecular formula is C13H19N5O2. The average molecular weight is 277 g/mol. The Morgan fingerprint density at radius 1 is 1.40 bits per heavy atom. The number of ether oxygens (including phenoxy) is 2. The van der Waals surface area contributed by atoms with Crippen LogP contribution in [0.4, 0.5) is 0 Å². The smallest absolute Gasteiger partial charge is 0.218 e. The standard InChI is InChI=1S/C13H19N5O2/c1-4-18-12(10(19-2)8-16-18)11(17-14)9-6-5-7-15-13(9)20-3/h5-8,11,17H,4,14H2,1-3H3. The van der Waals surface area contributed by atoms with E-state index in [4.69, 9.17) is 15.3 Å². The molecule has 0 amide bonds. The van der Waals surface area contributed by atoms with Gasteiger partial charge >= 0.3 is 0 Å². The normalized spacial score (nSPS) is 12.2. The van der Waals surface area contributed by atoms with Gasteiger partial charge in [0.1, 0.15) is 5.69 Å². The minimum Gasteiger partial charge on any atom is -0.493 e. The van der Waals surface area contributed by atoms with Crippen molar-refractivity contribution < 1.29 is 9.47 Å². The van der Waals surface area contributed by atoms with Gasteiger partial charge in [0.15, 0.2) is 5.75 Å². The zero-order valence-corrected chi connectivity index (χ0v) is 11.8. The predicted molar refractivity (Wildman–Crippen MR) is 74.4 cm³/mol. The van der Waals surface area contributed by atoms with Crippen molar-refractivity contribution in [2.45, 2.75) is 19.5 Å². The molecule has 0 radical (unpaired) electrons. The maximum atomic E-state index is 5.74. The van der Waals surface area contributed by atoms with Crippen LogP contribution in [0.15, 0.2) is 24.5 Å². The molecule has 2 heterocycles. The molecule has 20 heavy (non-hydrogen) atoms. The zero-order chi connectivity index (χ0) is 14.5. The third-order valence-electron chi connectivity index (χ3n) is 3.11. The van der Waals surface area contributed by atoms with Crippen molar-refractivity contribution in [1.82, 2.24) is 20.2 Å². The van der Waals surface area contributed by atoms with Gasteiger partial charge < -0.3 is 9.47 Å². The SMILES string of the molecule is CCn1ncc(OC)c1C(NN)c1cccnc1OC. The maximum Gasteiger partial charge on any atom is 0.218 e. The van der Waals surface area contributed by atoms with Gasteiger partial charge in [-0.1, -0.05) is 6.07 Å². The highest BCUT2D eigenvalue weighted by molar-refractivity contribution is 5.40. The van der Waals surface area contributed by atoms with E-state index in [1.165, 1.54) is 0 Å². The van der Waals surface area contributed by atoms with Crippen molar-refractivity contribution in [2.24, 2.45) is 5.84 Å². The molecule has 0 saturated carbocycles. The van der Waals surface area contributed by atoms with Crippen LogP contribution in [0.2, 0.25) is 0 Å². The summed E-state index contributed by atoms with van der Waals surface area (Å²) in [5, 5.41) is 4.29. The Balaban J connectivity index is 2.55. The van der Waals surface area contributed by atoms with Crippen molar-refractivity contribution >= 4 is 0 Å². The fourth-order valence-corrected chi connectivity index (χ4v) is 2.19. The summed E-state index contributed by atoms with van der Waals surface area (Å²) in [6.07, 6.45) is 3.34. The van der Waals surface area contributed by atoms with E-state index in [9.17, 15) is 0 Å². The fraction of sp³-hybridized carbons (Fsp3) is 0.385. The summed E-state index contributed by atoms with van der Waals surface area (Å²) in [6.45, 7) is 2.71. The van der Waals surface area contributed by atoms with Gasteiger partial charge in [-0.3, -0.25) is 10.5 Å². The fourth-order valence-electron chi connectivity index (χ4n) is 2.19. The largest absolute Gasteiger partial charge is 0.493 e. The first kappa shape index (κ1) is 14.3. The van der Waals surface area contributed by atoms with E-state index in [-0.39, 0.29) is 6.04 Å². The lowest BCUT2D eigenvalue weighted by molar-refractivity contribution is 0.378. The van der Waals surface area contributed by atoms with Gasteiger partial charge in [0.05, 0.1) is 26.5 Å². The molecule has 0 spiro atoms. The molecule has 0 aliphatic rings. The zero-order valence-electron chi connectivity index (χ0n) is 11.8. The van der Waals surface area contributed by atoms with Crippen LogP contribution in [-0.4, -0.2) is 29.0 Å². The molecule has 108 valence electrons. The third kappa shape index (κ3) is 2.45. The van der Waals surface area contributed by atoms with E-state index in [1.807, 2.05) is 23.7 Å². The molecule has 0 aliphatic heterocycles. The molecule has 3 N–H and O–H groups in total. The Kier molecular flexibility index (Phi) is 4.54. The van der Waals surface area contributed by atoms with Gasteiger partial charge in [-0.15, -0.1) is 0 Å². The number of hydrazine groups is 1. The monoisotopic (exact) mass is 277 g/mol. The molecule has 0 aliphatic carbocycles. The first-order valence-corrected chi connectivity index (χ1v) is 6.31. The summed E-state index contributed by atoms with van der Waals surface area (Å²) in [5.41, 5.74) is 4.45. The van der Waals surface area contributed by atoms with Gasteiger partial charge in [0.2, 0.25) is 5.88 Å². The van der Waals surface area contributed by atoms with Crippen LogP contribution >= 0.6 is 0 Å². The molecule has 2 rings (SSSR count). The summed E-state index contributed by atoms with van der Waals surface area (Å²) >= 11 is 0. The Bertz CT molecular complexity index is 548. The highest BCUT2D eigenvalue weighted by Gasteiger charge is 2.25. The molecule has 0 saturated heterocycles. The molecule has 2 aromatic rings. The Morgan fingerprint density at radius 2 is 2.20 bits per heavy atom. The van der Waals surface area contributed by atoms with Crippen LogP contribution < -0.4 is 20.7 Å². The van der Waals surface area contributed by atoms with Crippen molar-refractivity contribution in [3.8, 4) is 11.6 Å². The molecule has 2 aromatic heterocycles. The number of methoxy groups -OCH3 is 2. The van der Waals surface area contributed by atoms with Crippen LogP contribution in [0.5, 0.6) is 11.6 Å². The minimum atomic E-state index is -0.323. The second-order valence-corrected chi connectivity index (χ2v) is 4.12. The number of nitrogens with one attached hydrogen (secondary N) is 1. The second-order valence-electron chi connectivity index (χ2n) is 4.12. The lowest BCUT2D eigenvalue weighted by atomic mass is 10.1. The maximum absolute atomic E-state index is 5.74. The Hall–Kier alpha value is -2.12. The lowest BCUT2D eigenvalue weighted by Gasteiger charge is -2.20. The van der Waals surface area contributed by atoms with E-state index >= 15 is 0 Å². The highest BCUT2D eigenvalue weighted by atomic mass is 16.5.